The molecule has 0 atom stereocenters. The Bertz CT molecular complexity index is 1440. The summed E-state index contributed by atoms with van der Waals surface area (Å²) >= 11 is 0. The Morgan fingerprint density at radius 3 is 2.72 bits per heavy atom. The van der Waals surface area contributed by atoms with Gasteiger partial charge in [-0.2, -0.15) is 4.98 Å². The van der Waals surface area contributed by atoms with E-state index < -0.39 is 23.1 Å². The number of amides is 1. The maximum absolute atomic E-state index is 14.1. The number of hydrogen-bond donors (Lipinski definition) is 2. The number of hydrogen-bond acceptors (Lipinski definition) is 6. The van der Waals surface area contributed by atoms with E-state index in [4.69, 9.17) is 10.5 Å². The summed E-state index contributed by atoms with van der Waals surface area (Å²) in [6, 6.07) is 10.4. The lowest BCUT2D eigenvalue weighted by Crippen LogP contribution is -2.21. The van der Waals surface area contributed by atoms with Crippen LogP contribution in [0, 0.1) is 11.6 Å². The van der Waals surface area contributed by atoms with Gasteiger partial charge in [-0.25, -0.2) is 13.8 Å². The van der Waals surface area contributed by atoms with Gasteiger partial charge in [0.1, 0.15) is 5.82 Å². The second-order valence-electron chi connectivity index (χ2n) is 6.58. The number of nitrogens with two attached hydrogens (primary N) is 1. The van der Waals surface area contributed by atoms with Crippen LogP contribution in [-0.2, 0) is 4.79 Å². The van der Waals surface area contributed by atoms with Crippen LogP contribution in [0.4, 0.5) is 20.4 Å². The fourth-order valence-corrected chi connectivity index (χ4v) is 2.99. The number of pyridine rings is 1. The van der Waals surface area contributed by atoms with Gasteiger partial charge in [-0.05, 0) is 42.5 Å². The van der Waals surface area contributed by atoms with Crippen molar-refractivity contribution in [2.24, 2.45) is 0 Å². The second kappa shape index (κ2) is 8.26. The summed E-state index contributed by atoms with van der Waals surface area (Å²) in [7, 11) is 0. The molecular formula is C22H15F2N5O3. The topological polar surface area (TPSA) is 112 Å². The van der Waals surface area contributed by atoms with Gasteiger partial charge in [0.2, 0.25) is 11.9 Å². The number of carbonyl (C=O) groups is 1. The molecule has 32 heavy (non-hydrogen) atoms. The van der Waals surface area contributed by atoms with Crippen molar-refractivity contribution in [3.8, 4) is 17.2 Å². The summed E-state index contributed by atoms with van der Waals surface area (Å²) in [5.41, 5.74) is 5.91. The zero-order valence-electron chi connectivity index (χ0n) is 16.4. The normalized spacial score (nSPS) is 10.7. The van der Waals surface area contributed by atoms with Gasteiger partial charge in [0.05, 0.1) is 5.69 Å². The molecule has 0 saturated carbocycles. The van der Waals surface area contributed by atoms with Crippen LogP contribution in [0.5, 0.6) is 11.5 Å². The highest BCUT2D eigenvalue weighted by molar-refractivity contribution is 5.99. The van der Waals surface area contributed by atoms with Crippen molar-refractivity contribution in [1.29, 1.82) is 0 Å². The third-order valence-electron chi connectivity index (χ3n) is 4.40. The quantitative estimate of drug-likeness (QED) is 0.464. The van der Waals surface area contributed by atoms with E-state index in [-0.39, 0.29) is 23.1 Å². The summed E-state index contributed by atoms with van der Waals surface area (Å²) in [5, 5.41) is 2.97. The molecule has 0 bridgehead atoms. The van der Waals surface area contributed by atoms with Crippen molar-refractivity contribution in [3.05, 3.63) is 89.4 Å². The average molecular weight is 435 g/mol. The van der Waals surface area contributed by atoms with E-state index >= 15 is 0 Å². The minimum absolute atomic E-state index is 0.0694. The van der Waals surface area contributed by atoms with Gasteiger partial charge in [-0.1, -0.05) is 12.6 Å². The van der Waals surface area contributed by atoms with Gasteiger partial charge >= 0.3 is 0 Å². The smallest absolute Gasteiger partial charge is 0.299 e. The zero-order valence-corrected chi connectivity index (χ0v) is 16.4. The van der Waals surface area contributed by atoms with Gasteiger partial charge in [-0.3, -0.25) is 14.2 Å². The Morgan fingerprint density at radius 1 is 1.16 bits per heavy atom. The van der Waals surface area contributed by atoms with Crippen LogP contribution in [0.25, 0.3) is 16.7 Å². The molecule has 0 aliphatic carbocycles. The summed E-state index contributed by atoms with van der Waals surface area (Å²) < 4.78 is 34.0. The lowest BCUT2D eigenvalue weighted by atomic mass is 10.2. The number of carbonyl (C=O) groups excluding carboxylic acids is 1. The molecule has 3 N–H and O–H groups in total. The molecule has 0 radical (unpaired) electrons. The number of anilines is 2. The van der Waals surface area contributed by atoms with Crippen LogP contribution >= 0.6 is 0 Å². The molecule has 0 fully saturated rings. The number of nitrogen functional groups attached to an aromatic ring is 1. The summed E-state index contributed by atoms with van der Waals surface area (Å²) in [5.74, 6) is -2.85. The molecule has 0 unspecified atom stereocenters. The van der Waals surface area contributed by atoms with E-state index in [0.29, 0.717) is 22.8 Å². The molecule has 0 saturated heterocycles. The lowest BCUT2D eigenvalue weighted by molar-refractivity contribution is -0.111. The van der Waals surface area contributed by atoms with Crippen LogP contribution in [0.3, 0.4) is 0 Å². The van der Waals surface area contributed by atoms with Crippen LogP contribution in [0.2, 0.25) is 0 Å². The first-order chi connectivity index (χ1) is 15.4. The van der Waals surface area contributed by atoms with E-state index in [2.05, 4.69) is 21.9 Å². The molecule has 4 aromatic rings. The molecule has 8 nitrogen and oxygen atoms in total. The molecular weight excluding hydrogens is 420 g/mol. The van der Waals surface area contributed by atoms with E-state index in [9.17, 15) is 18.4 Å². The second-order valence-corrected chi connectivity index (χ2v) is 6.58. The SMILES string of the molecule is C=CC(=O)Nc1cccc(-n2c(=O)c(Oc3ccc(F)cc3F)cc3cnc(N)nc32)c1. The molecule has 2 aromatic heterocycles. The number of nitrogens with one attached hydrogen (secondary N) is 1. The Morgan fingerprint density at radius 2 is 1.97 bits per heavy atom. The fraction of sp³-hybridized carbons (Fsp3) is 0. The fourth-order valence-electron chi connectivity index (χ4n) is 2.99. The first-order valence-corrected chi connectivity index (χ1v) is 9.21. The van der Waals surface area contributed by atoms with Crippen molar-refractivity contribution >= 4 is 28.6 Å². The highest BCUT2D eigenvalue weighted by Crippen LogP contribution is 2.26. The van der Waals surface area contributed by atoms with Crippen LogP contribution in [-0.4, -0.2) is 20.4 Å². The predicted octanol–water partition coefficient (Wildman–Crippen LogP) is 3.56. The number of nitrogens with zero attached hydrogens (tertiary/aromatic N) is 3. The van der Waals surface area contributed by atoms with E-state index in [1.807, 2.05) is 0 Å². The van der Waals surface area contributed by atoms with Gasteiger partial charge in [-0.15, -0.1) is 0 Å². The van der Waals surface area contributed by atoms with Gasteiger partial charge < -0.3 is 15.8 Å². The average Bonchev–Trinajstić information content (AvgIpc) is 2.76. The number of benzene rings is 2. The van der Waals surface area contributed by atoms with Crippen molar-refractivity contribution in [2.45, 2.75) is 0 Å². The molecule has 2 heterocycles. The van der Waals surface area contributed by atoms with Gasteiger partial charge in [0.15, 0.2) is 23.0 Å². The molecule has 1 amide bonds. The Kier molecular flexibility index (Phi) is 5.34. The highest BCUT2D eigenvalue weighted by atomic mass is 19.1. The van der Waals surface area contributed by atoms with Crippen LogP contribution < -0.4 is 21.3 Å². The van der Waals surface area contributed by atoms with Gasteiger partial charge in [0, 0.05) is 23.3 Å². The first-order valence-electron chi connectivity index (χ1n) is 9.21. The zero-order chi connectivity index (χ0) is 22.8. The molecule has 2 aromatic carbocycles. The third-order valence-corrected chi connectivity index (χ3v) is 4.40. The van der Waals surface area contributed by atoms with Crippen molar-refractivity contribution in [2.75, 3.05) is 11.1 Å². The lowest BCUT2D eigenvalue weighted by Gasteiger charge is -2.14. The standard InChI is InChI=1S/C22H15F2N5O3/c1-2-19(30)27-14-4-3-5-15(10-14)29-20-12(11-26-22(25)28-20)8-18(21(29)31)32-17-7-6-13(23)9-16(17)24/h2-11H,1H2,(H,27,30)(H2,25,26,28). The molecule has 0 aliphatic rings. The minimum Gasteiger partial charge on any atom is -0.448 e. The molecule has 4 rings (SSSR count). The molecule has 160 valence electrons. The molecule has 0 spiro atoms. The predicted molar refractivity (Wildman–Crippen MR) is 115 cm³/mol. The number of rotatable bonds is 5. The largest absolute Gasteiger partial charge is 0.448 e. The summed E-state index contributed by atoms with van der Waals surface area (Å²) in [6.07, 6.45) is 2.48. The molecule has 0 aliphatic heterocycles. The maximum atomic E-state index is 14.1. The number of aromatic nitrogens is 3. The van der Waals surface area contributed by atoms with Crippen molar-refractivity contribution < 1.29 is 18.3 Å². The van der Waals surface area contributed by atoms with Crippen LogP contribution in [0.15, 0.2) is 72.2 Å². The van der Waals surface area contributed by atoms with E-state index in [1.165, 1.54) is 22.9 Å². The Balaban J connectivity index is 1.91. The monoisotopic (exact) mass is 435 g/mol. The number of ether oxygens (including phenoxy) is 1. The Labute approximate surface area is 179 Å². The number of halogens is 2. The molecule has 10 heteroatoms. The van der Waals surface area contributed by atoms with Crippen LogP contribution in [0.1, 0.15) is 0 Å². The number of fused-ring (bicyclic) bond motifs is 1. The van der Waals surface area contributed by atoms with E-state index in [1.54, 1.807) is 18.2 Å². The van der Waals surface area contributed by atoms with Gasteiger partial charge in [0.25, 0.3) is 5.56 Å². The van der Waals surface area contributed by atoms with E-state index in [0.717, 1.165) is 18.2 Å². The first kappa shape index (κ1) is 20.7. The Hall–Kier alpha value is -4.60. The van der Waals surface area contributed by atoms with Crippen molar-refractivity contribution in [1.82, 2.24) is 14.5 Å². The summed E-state index contributed by atoms with van der Waals surface area (Å²) in [4.78, 5) is 33.0. The van der Waals surface area contributed by atoms with Crippen molar-refractivity contribution in [3.63, 3.8) is 0 Å². The highest BCUT2D eigenvalue weighted by Gasteiger charge is 2.17. The third kappa shape index (κ3) is 4.01. The summed E-state index contributed by atoms with van der Waals surface area (Å²) in [6.45, 7) is 3.40. The minimum atomic E-state index is -0.973. The maximum Gasteiger partial charge on any atom is 0.299 e.